The number of likely N-dealkylation sites (tertiary alicyclic amines) is 1. The number of aliphatic hydroxyl groups is 4. The molecule has 45 heavy (non-hydrogen) atoms. The maximum absolute atomic E-state index is 13.6. The molecule has 1 spiro atoms. The van der Waals surface area contributed by atoms with Gasteiger partial charge in [-0.3, -0.25) is 9.69 Å². The van der Waals surface area contributed by atoms with Crippen LogP contribution in [0.3, 0.4) is 0 Å². The van der Waals surface area contributed by atoms with Crippen molar-refractivity contribution in [1.29, 1.82) is 0 Å². The van der Waals surface area contributed by atoms with Crippen molar-refractivity contribution in [2.24, 2.45) is 22.7 Å². The lowest BCUT2D eigenvalue weighted by Gasteiger charge is -2.74. The molecule has 1 aromatic rings. The zero-order valence-corrected chi connectivity index (χ0v) is 26.6. The van der Waals surface area contributed by atoms with E-state index in [1.807, 2.05) is 6.92 Å². The number of hydrogen-bond acceptors (Lipinski definition) is 11. The van der Waals surface area contributed by atoms with Gasteiger partial charge in [0, 0.05) is 52.6 Å². The lowest BCUT2D eigenvalue weighted by atomic mass is 9.39. The predicted molar refractivity (Wildman–Crippen MR) is 159 cm³/mol. The van der Waals surface area contributed by atoms with Gasteiger partial charge in [0.1, 0.15) is 16.8 Å². The van der Waals surface area contributed by atoms with Crippen molar-refractivity contribution in [1.82, 2.24) is 4.90 Å². The summed E-state index contributed by atoms with van der Waals surface area (Å²) >= 11 is 0. The monoisotopic (exact) mass is 630 g/mol. The molecule has 1 amide bonds. The number of piperidine rings is 1. The topological polar surface area (TPSA) is 167 Å². The first-order valence-electron chi connectivity index (χ1n) is 16.1. The van der Waals surface area contributed by atoms with E-state index in [0.29, 0.717) is 31.6 Å². The van der Waals surface area contributed by atoms with Crippen molar-refractivity contribution >= 4 is 17.6 Å². The Kier molecular flexibility index (Phi) is 6.94. The van der Waals surface area contributed by atoms with Crippen molar-refractivity contribution in [2.75, 3.05) is 46.3 Å². The van der Waals surface area contributed by atoms with Crippen molar-refractivity contribution in [3.63, 3.8) is 0 Å². The molecule has 12 heteroatoms. The van der Waals surface area contributed by atoms with E-state index >= 15 is 0 Å². The number of para-hydroxylation sites is 1. The number of anilines is 1. The Morgan fingerprint density at radius 3 is 2.38 bits per heavy atom. The van der Waals surface area contributed by atoms with Gasteiger partial charge >= 0.3 is 5.97 Å². The number of carbonyl (C=O) groups excluding carboxylic acids is 2. The average Bonchev–Trinajstić information content (AvgIpc) is 3.36. The van der Waals surface area contributed by atoms with Crippen LogP contribution in [0.4, 0.5) is 5.69 Å². The van der Waals surface area contributed by atoms with Crippen LogP contribution in [0, 0.1) is 22.7 Å². The second kappa shape index (κ2) is 9.93. The van der Waals surface area contributed by atoms with E-state index in [1.54, 1.807) is 31.4 Å². The molecule has 1 unspecified atom stereocenters. The SMILES string of the molecule is CCN1C[C@@]2(COC(=O)c3ccccc3NC(C)=O)CC[C@@H](OC)[C@@]34C1[C@@](O)(C[C@@H]23)[C@]1(O)C[C@@H](OC)[C@@H]2C[C@@]4(O)[C@@]1(O)[C@H]2OC. The van der Waals surface area contributed by atoms with Gasteiger partial charge in [-0.25, -0.2) is 4.79 Å². The van der Waals surface area contributed by atoms with Crippen LogP contribution in [0.15, 0.2) is 24.3 Å². The molecule has 12 atom stereocenters. The second-order valence-electron chi connectivity index (χ2n) is 14.5. The lowest BCUT2D eigenvalue weighted by Crippen LogP contribution is -2.92. The minimum Gasteiger partial charge on any atom is -0.461 e. The van der Waals surface area contributed by atoms with Crippen LogP contribution in [-0.2, 0) is 23.7 Å². The van der Waals surface area contributed by atoms with Crippen molar-refractivity contribution in [3.8, 4) is 0 Å². The van der Waals surface area contributed by atoms with Gasteiger partial charge in [0.2, 0.25) is 5.91 Å². The summed E-state index contributed by atoms with van der Waals surface area (Å²) in [7, 11) is 4.58. The Morgan fingerprint density at radius 1 is 1.00 bits per heavy atom. The highest BCUT2D eigenvalue weighted by Crippen LogP contribution is 2.82. The molecule has 5 aliphatic carbocycles. The fourth-order valence-electron chi connectivity index (χ4n) is 11.9. The van der Waals surface area contributed by atoms with E-state index < -0.39 is 75.4 Å². The Hall–Kier alpha value is -2.16. The number of likely N-dealkylation sites (N-methyl/N-ethyl adjacent to an activating group) is 1. The molecule has 1 saturated heterocycles. The summed E-state index contributed by atoms with van der Waals surface area (Å²) < 4.78 is 24.1. The highest BCUT2D eigenvalue weighted by Gasteiger charge is 2.97. The van der Waals surface area contributed by atoms with Crippen LogP contribution in [0.1, 0.15) is 56.3 Å². The minimum absolute atomic E-state index is 0.0207. The second-order valence-corrected chi connectivity index (χ2v) is 14.5. The van der Waals surface area contributed by atoms with Gasteiger partial charge in [-0.15, -0.1) is 0 Å². The molecule has 1 heterocycles. The first-order chi connectivity index (χ1) is 21.3. The molecule has 7 rings (SSSR count). The van der Waals surface area contributed by atoms with Gasteiger partial charge in [0.05, 0.1) is 47.6 Å². The zero-order chi connectivity index (χ0) is 32.4. The highest BCUT2D eigenvalue weighted by atomic mass is 16.5. The van der Waals surface area contributed by atoms with Crippen molar-refractivity contribution in [3.05, 3.63) is 29.8 Å². The third-order valence-corrected chi connectivity index (χ3v) is 13.3. The molecular weight excluding hydrogens is 584 g/mol. The third kappa shape index (κ3) is 3.35. The van der Waals surface area contributed by atoms with Gasteiger partial charge in [-0.05, 0) is 50.3 Å². The molecule has 6 fully saturated rings. The molecule has 7 bridgehead atoms. The number of fused-ring (bicyclic) bond motifs is 2. The van der Waals surface area contributed by atoms with Gasteiger partial charge in [-0.1, -0.05) is 19.1 Å². The Labute approximate surface area is 263 Å². The van der Waals surface area contributed by atoms with E-state index in [9.17, 15) is 30.0 Å². The molecular formula is C33H46N2O10. The largest absolute Gasteiger partial charge is 0.461 e. The van der Waals surface area contributed by atoms with Gasteiger partial charge in [0.15, 0.2) is 5.60 Å². The van der Waals surface area contributed by atoms with E-state index in [2.05, 4.69) is 10.2 Å². The van der Waals surface area contributed by atoms with Gasteiger partial charge < -0.3 is 44.7 Å². The van der Waals surface area contributed by atoms with Crippen LogP contribution < -0.4 is 5.32 Å². The number of carbonyl (C=O) groups is 2. The number of ether oxygens (including phenoxy) is 4. The highest BCUT2D eigenvalue weighted by molar-refractivity contribution is 6.00. The van der Waals surface area contributed by atoms with Crippen LogP contribution in [0.2, 0.25) is 0 Å². The number of nitrogens with one attached hydrogen (secondary N) is 1. The maximum atomic E-state index is 13.6. The summed E-state index contributed by atoms with van der Waals surface area (Å²) in [5.41, 5.74) is -9.62. The molecule has 0 radical (unpaired) electrons. The number of benzene rings is 1. The molecule has 5 N–H and O–H groups in total. The Bertz CT molecular complexity index is 1410. The third-order valence-electron chi connectivity index (χ3n) is 13.3. The first-order valence-corrected chi connectivity index (χ1v) is 16.1. The number of esters is 1. The molecule has 248 valence electrons. The lowest BCUT2D eigenvalue weighted by molar-refractivity contribution is -0.407. The summed E-state index contributed by atoms with van der Waals surface area (Å²) in [5.74, 6) is -1.84. The summed E-state index contributed by atoms with van der Waals surface area (Å²) in [4.78, 5) is 27.5. The quantitative estimate of drug-likeness (QED) is 0.257. The van der Waals surface area contributed by atoms with E-state index in [4.69, 9.17) is 18.9 Å². The molecule has 1 aliphatic heterocycles. The van der Waals surface area contributed by atoms with Gasteiger partial charge in [-0.2, -0.15) is 0 Å². The van der Waals surface area contributed by atoms with E-state index in [1.165, 1.54) is 21.1 Å². The summed E-state index contributed by atoms with van der Waals surface area (Å²) in [6, 6.07) is 5.90. The number of nitrogens with zero attached hydrogens (tertiary/aromatic N) is 1. The fourth-order valence-corrected chi connectivity index (χ4v) is 11.9. The number of hydrogen-bond donors (Lipinski definition) is 5. The number of amides is 1. The van der Waals surface area contributed by atoms with Crippen LogP contribution in [-0.4, -0.2) is 125 Å². The number of methoxy groups -OCH3 is 3. The summed E-state index contributed by atoms with van der Waals surface area (Å²) in [5, 5.41) is 54.8. The molecule has 6 aliphatic rings. The summed E-state index contributed by atoms with van der Waals surface area (Å²) in [6.07, 6.45) is -0.997. The van der Waals surface area contributed by atoms with Crippen LogP contribution >= 0.6 is 0 Å². The Balaban J connectivity index is 1.37. The molecule has 0 aromatic heterocycles. The van der Waals surface area contributed by atoms with Crippen molar-refractivity contribution in [2.45, 2.75) is 92.7 Å². The Morgan fingerprint density at radius 2 is 1.73 bits per heavy atom. The van der Waals surface area contributed by atoms with E-state index in [0.717, 1.165) is 0 Å². The molecule has 5 saturated carbocycles. The van der Waals surface area contributed by atoms with Gasteiger partial charge in [0.25, 0.3) is 0 Å². The smallest absolute Gasteiger partial charge is 0.340 e. The minimum atomic E-state index is -2.22. The predicted octanol–water partition coefficient (Wildman–Crippen LogP) is 0.699. The average molecular weight is 631 g/mol. The standard InChI is InChI=1S/C33H46N2O10/c1-6-35-16-28(17-45-26(37)19-9-7-8-10-21(19)34-18(2)36)12-11-24(43-4)32-23(28)15-29(38,27(32)35)30(39)14-22(42-3)20-13-31(32,40)33(30,41)25(20)44-5/h7-10,20,22-25,27,38-41H,6,11-17H2,1-5H3,(H,34,36)/t20-,22+,23-,24+,25-,27?,28+,29-,30+,31-,32+,33+/m0/s1. The fraction of sp³-hybridized carbons (Fsp3) is 0.758. The first kappa shape index (κ1) is 31.4. The van der Waals surface area contributed by atoms with Crippen LogP contribution in [0.25, 0.3) is 0 Å². The molecule has 1 aromatic carbocycles. The maximum Gasteiger partial charge on any atom is 0.340 e. The van der Waals surface area contributed by atoms with E-state index in [-0.39, 0.29) is 37.3 Å². The normalized spacial score (nSPS) is 49.1. The summed E-state index contributed by atoms with van der Waals surface area (Å²) in [6.45, 7) is 4.25. The number of rotatable bonds is 8. The molecule has 12 nitrogen and oxygen atoms in total. The van der Waals surface area contributed by atoms with Crippen LogP contribution in [0.5, 0.6) is 0 Å². The van der Waals surface area contributed by atoms with Crippen molar-refractivity contribution < 1.29 is 49.0 Å². The zero-order valence-electron chi connectivity index (χ0n) is 26.6.